The van der Waals surface area contributed by atoms with Gasteiger partial charge in [-0.3, -0.25) is 4.79 Å². The number of carbonyl (C=O) groups excluding carboxylic acids is 1. The van der Waals surface area contributed by atoms with Gasteiger partial charge in [-0.05, 0) is 54.9 Å². The number of fused-ring (bicyclic) bond motifs is 1. The lowest BCUT2D eigenvalue weighted by Gasteiger charge is -2.14. The Hall–Kier alpha value is -0.180. The minimum Gasteiger partial charge on any atom is -0.356 e. The number of rotatable bonds is 3. The number of thioether (sulfide) groups is 1. The SMILES string of the molecule is O=C(NCC1CCSC1)C1CC2CC2C1. The highest BCUT2D eigenvalue weighted by molar-refractivity contribution is 7.99. The van der Waals surface area contributed by atoms with Crippen molar-refractivity contribution in [1.82, 2.24) is 5.32 Å². The third-order valence-corrected chi connectivity index (χ3v) is 5.43. The van der Waals surface area contributed by atoms with Crippen molar-refractivity contribution in [3.8, 4) is 0 Å². The average molecular weight is 225 g/mol. The summed E-state index contributed by atoms with van der Waals surface area (Å²) in [5.74, 6) is 5.83. The van der Waals surface area contributed by atoms with Gasteiger partial charge in [-0.2, -0.15) is 11.8 Å². The molecule has 3 aliphatic rings. The topological polar surface area (TPSA) is 29.1 Å². The van der Waals surface area contributed by atoms with Gasteiger partial charge in [0, 0.05) is 12.5 Å². The van der Waals surface area contributed by atoms with Gasteiger partial charge in [-0.15, -0.1) is 0 Å². The fourth-order valence-corrected chi connectivity index (χ4v) is 4.35. The van der Waals surface area contributed by atoms with Gasteiger partial charge in [0.1, 0.15) is 0 Å². The van der Waals surface area contributed by atoms with Crippen LogP contribution in [0.1, 0.15) is 25.7 Å². The van der Waals surface area contributed by atoms with Crippen molar-refractivity contribution >= 4 is 17.7 Å². The summed E-state index contributed by atoms with van der Waals surface area (Å²) in [6.45, 7) is 0.928. The van der Waals surface area contributed by atoms with E-state index >= 15 is 0 Å². The molecule has 2 nitrogen and oxygen atoms in total. The minimum absolute atomic E-state index is 0.346. The fraction of sp³-hybridized carbons (Fsp3) is 0.917. The Morgan fingerprint density at radius 2 is 2.07 bits per heavy atom. The van der Waals surface area contributed by atoms with Crippen molar-refractivity contribution in [2.75, 3.05) is 18.1 Å². The first-order chi connectivity index (χ1) is 7.33. The standard InChI is InChI=1S/C12H19NOS/c14-12(11-4-9-3-10(9)5-11)13-6-8-1-2-15-7-8/h8-11H,1-7H2,(H,13,14). The molecule has 0 aromatic rings. The van der Waals surface area contributed by atoms with Gasteiger partial charge < -0.3 is 5.32 Å². The maximum absolute atomic E-state index is 11.9. The molecule has 1 aliphatic heterocycles. The van der Waals surface area contributed by atoms with Crippen LogP contribution in [0.2, 0.25) is 0 Å². The van der Waals surface area contributed by atoms with Gasteiger partial charge in [-0.25, -0.2) is 0 Å². The molecular weight excluding hydrogens is 206 g/mol. The summed E-state index contributed by atoms with van der Waals surface area (Å²) in [4.78, 5) is 11.9. The zero-order chi connectivity index (χ0) is 10.3. The predicted octanol–water partition coefficient (Wildman–Crippen LogP) is 1.90. The molecule has 3 fully saturated rings. The van der Waals surface area contributed by atoms with E-state index in [9.17, 15) is 4.79 Å². The van der Waals surface area contributed by atoms with Crippen molar-refractivity contribution in [3.63, 3.8) is 0 Å². The number of amides is 1. The van der Waals surface area contributed by atoms with Crippen LogP contribution in [-0.2, 0) is 4.79 Å². The molecule has 1 amide bonds. The lowest BCUT2D eigenvalue weighted by atomic mass is 10.0. The monoisotopic (exact) mass is 225 g/mol. The molecule has 0 spiro atoms. The average Bonchev–Trinajstić information content (AvgIpc) is 2.75. The molecule has 15 heavy (non-hydrogen) atoms. The molecule has 3 rings (SSSR count). The molecule has 3 unspecified atom stereocenters. The van der Waals surface area contributed by atoms with Crippen LogP contribution in [0.4, 0.5) is 0 Å². The number of nitrogens with one attached hydrogen (secondary N) is 1. The van der Waals surface area contributed by atoms with E-state index in [1.807, 2.05) is 11.8 Å². The Bertz CT molecular complexity index is 252. The summed E-state index contributed by atoms with van der Waals surface area (Å²) in [6, 6.07) is 0. The summed E-state index contributed by atoms with van der Waals surface area (Å²) in [5, 5.41) is 3.16. The minimum atomic E-state index is 0.346. The first kappa shape index (κ1) is 10.0. The summed E-state index contributed by atoms with van der Waals surface area (Å²) >= 11 is 2.02. The summed E-state index contributed by atoms with van der Waals surface area (Å²) < 4.78 is 0. The molecule has 0 aromatic carbocycles. The largest absolute Gasteiger partial charge is 0.356 e. The molecule has 2 aliphatic carbocycles. The van der Waals surface area contributed by atoms with Crippen LogP contribution in [0.5, 0.6) is 0 Å². The van der Waals surface area contributed by atoms with Crippen LogP contribution in [0.3, 0.4) is 0 Å². The zero-order valence-corrected chi connectivity index (χ0v) is 9.89. The summed E-state index contributed by atoms with van der Waals surface area (Å²) in [6.07, 6.45) is 5.05. The van der Waals surface area contributed by atoms with Crippen molar-refractivity contribution in [2.24, 2.45) is 23.7 Å². The Kier molecular flexibility index (Phi) is 2.67. The van der Waals surface area contributed by atoms with Crippen LogP contribution in [0.15, 0.2) is 0 Å². The Morgan fingerprint density at radius 3 is 2.73 bits per heavy atom. The van der Waals surface area contributed by atoms with Crippen molar-refractivity contribution < 1.29 is 4.79 Å². The van der Waals surface area contributed by atoms with Gasteiger partial charge in [0.25, 0.3) is 0 Å². The first-order valence-corrected chi connectivity index (χ1v) is 7.34. The van der Waals surface area contributed by atoms with E-state index in [-0.39, 0.29) is 0 Å². The maximum atomic E-state index is 11.9. The Balaban J connectivity index is 1.41. The lowest BCUT2D eigenvalue weighted by Crippen LogP contribution is -2.34. The lowest BCUT2D eigenvalue weighted by molar-refractivity contribution is -0.125. The molecule has 0 aromatic heterocycles. The Morgan fingerprint density at radius 1 is 1.27 bits per heavy atom. The molecule has 84 valence electrons. The van der Waals surface area contributed by atoms with E-state index in [4.69, 9.17) is 0 Å². The second kappa shape index (κ2) is 4.00. The number of hydrogen-bond donors (Lipinski definition) is 1. The predicted molar refractivity (Wildman–Crippen MR) is 62.8 cm³/mol. The molecular formula is C12H19NOS. The van der Waals surface area contributed by atoms with Gasteiger partial charge in [-0.1, -0.05) is 0 Å². The Labute approximate surface area is 95.6 Å². The van der Waals surface area contributed by atoms with Crippen LogP contribution < -0.4 is 5.32 Å². The number of hydrogen-bond acceptors (Lipinski definition) is 2. The zero-order valence-electron chi connectivity index (χ0n) is 9.08. The van der Waals surface area contributed by atoms with E-state index in [0.29, 0.717) is 11.8 Å². The quantitative estimate of drug-likeness (QED) is 0.795. The highest BCUT2D eigenvalue weighted by Gasteiger charge is 2.47. The first-order valence-electron chi connectivity index (χ1n) is 6.18. The summed E-state index contributed by atoms with van der Waals surface area (Å²) in [7, 11) is 0. The number of carbonyl (C=O) groups is 1. The normalized spacial score (nSPS) is 42.7. The third kappa shape index (κ3) is 2.17. The van der Waals surface area contributed by atoms with Crippen molar-refractivity contribution in [1.29, 1.82) is 0 Å². The highest BCUT2D eigenvalue weighted by Crippen LogP contribution is 2.54. The van der Waals surface area contributed by atoms with E-state index in [0.717, 1.165) is 24.3 Å². The molecule has 1 saturated heterocycles. The van der Waals surface area contributed by atoms with E-state index in [1.165, 1.54) is 37.2 Å². The summed E-state index contributed by atoms with van der Waals surface area (Å²) in [5.41, 5.74) is 0. The van der Waals surface area contributed by atoms with E-state index < -0.39 is 0 Å². The molecule has 2 saturated carbocycles. The maximum Gasteiger partial charge on any atom is 0.223 e. The van der Waals surface area contributed by atoms with Gasteiger partial charge in [0.05, 0.1) is 0 Å². The second-order valence-corrected chi connectivity index (χ2v) is 6.55. The second-order valence-electron chi connectivity index (χ2n) is 5.40. The van der Waals surface area contributed by atoms with Gasteiger partial charge >= 0.3 is 0 Å². The smallest absolute Gasteiger partial charge is 0.223 e. The molecule has 0 radical (unpaired) electrons. The molecule has 0 bridgehead atoms. The van der Waals surface area contributed by atoms with Crippen LogP contribution in [0.25, 0.3) is 0 Å². The highest BCUT2D eigenvalue weighted by atomic mass is 32.2. The molecule has 3 heteroatoms. The molecule has 1 heterocycles. The van der Waals surface area contributed by atoms with Crippen molar-refractivity contribution in [2.45, 2.75) is 25.7 Å². The van der Waals surface area contributed by atoms with Crippen LogP contribution in [-0.4, -0.2) is 24.0 Å². The van der Waals surface area contributed by atoms with Gasteiger partial charge in [0.15, 0.2) is 0 Å². The van der Waals surface area contributed by atoms with Gasteiger partial charge in [0.2, 0.25) is 5.91 Å². The van der Waals surface area contributed by atoms with Crippen LogP contribution in [0, 0.1) is 23.7 Å². The van der Waals surface area contributed by atoms with Crippen LogP contribution >= 0.6 is 11.8 Å². The molecule has 3 atom stereocenters. The third-order valence-electron chi connectivity index (χ3n) is 4.20. The van der Waals surface area contributed by atoms with E-state index in [1.54, 1.807) is 0 Å². The van der Waals surface area contributed by atoms with E-state index in [2.05, 4.69) is 5.32 Å². The van der Waals surface area contributed by atoms with Crippen molar-refractivity contribution in [3.05, 3.63) is 0 Å². The fourth-order valence-electron chi connectivity index (χ4n) is 3.06. The molecule has 1 N–H and O–H groups in total.